The van der Waals surface area contributed by atoms with E-state index in [9.17, 15) is 8.78 Å². The highest BCUT2D eigenvalue weighted by Gasteiger charge is 2.12. The standard InChI is InChI=1S/C16H17F2N/c1-11-4-2-5-12(8-11)9-14(19)10-13-6-3-7-15(17)16(13)18/h2-8,14H,9-10,19H2,1H3. The van der Waals surface area contributed by atoms with Gasteiger partial charge in [-0.2, -0.15) is 0 Å². The van der Waals surface area contributed by atoms with Crippen molar-refractivity contribution in [3.63, 3.8) is 0 Å². The van der Waals surface area contributed by atoms with Crippen molar-refractivity contribution in [2.24, 2.45) is 5.73 Å². The molecular formula is C16H17F2N. The summed E-state index contributed by atoms with van der Waals surface area (Å²) in [6.45, 7) is 2.02. The molecule has 1 unspecified atom stereocenters. The summed E-state index contributed by atoms with van der Waals surface area (Å²) in [7, 11) is 0. The maximum absolute atomic E-state index is 13.5. The van der Waals surface area contributed by atoms with Crippen molar-refractivity contribution in [1.82, 2.24) is 0 Å². The summed E-state index contributed by atoms with van der Waals surface area (Å²) in [6.07, 6.45) is 0.981. The highest BCUT2D eigenvalue weighted by molar-refractivity contribution is 5.24. The Labute approximate surface area is 112 Å². The lowest BCUT2D eigenvalue weighted by atomic mass is 9.98. The average molecular weight is 261 g/mol. The van der Waals surface area contributed by atoms with Gasteiger partial charge in [-0.3, -0.25) is 0 Å². The number of hydrogen-bond donors (Lipinski definition) is 1. The molecular weight excluding hydrogens is 244 g/mol. The van der Waals surface area contributed by atoms with Crippen LogP contribution in [0.25, 0.3) is 0 Å². The van der Waals surface area contributed by atoms with E-state index in [2.05, 4.69) is 6.07 Å². The lowest BCUT2D eigenvalue weighted by Crippen LogP contribution is -2.26. The molecule has 100 valence electrons. The summed E-state index contributed by atoms with van der Waals surface area (Å²) in [5.41, 5.74) is 8.63. The lowest BCUT2D eigenvalue weighted by Gasteiger charge is -2.13. The van der Waals surface area contributed by atoms with Gasteiger partial charge in [0, 0.05) is 6.04 Å². The molecule has 0 spiro atoms. The minimum atomic E-state index is -0.819. The van der Waals surface area contributed by atoms with Crippen molar-refractivity contribution in [2.75, 3.05) is 0 Å². The third-order valence-electron chi connectivity index (χ3n) is 3.09. The third kappa shape index (κ3) is 3.61. The highest BCUT2D eigenvalue weighted by atomic mass is 19.2. The van der Waals surface area contributed by atoms with Gasteiger partial charge in [0.1, 0.15) is 0 Å². The molecule has 3 heteroatoms. The second-order valence-corrected chi connectivity index (χ2v) is 4.87. The summed E-state index contributed by atoms with van der Waals surface area (Å²) in [4.78, 5) is 0. The summed E-state index contributed by atoms with van der Waals surface area (Å²) in [5, 5.41) is 0. The summed E-state index contributed by atoms with van der Waals surface area (Å²) < 4.78 is 26.6. The molecule has 0 saturated carbocycles. The molecule has 0 amide bonds. The van der Waals surface area contributed by atoms with Crippen molar-refractivity contribution < 1.29 is 8.78 Å². The fourth-order valence-electron chi connectivity index (χ4n) is 2.20. The number of nitrogens with two attached hydrogens (primary N) is 1. The summed E-state index contributed by atoms with van der Waals surface area (Å²) >= 11 is 0. The maximum Gasteiger partial charge on any atom is 0.162 e. The quantitative estimate of drug-likeness (QED) is 0.897. The first-order chi connectivity index (χ1) is 9.06. The van der Waals surface area contributed by atoms with Crippen LogP contribution in [0.15, 0.2) is 42.5 Å². The topological polar surface area (TPSA) is 26.0 Å². The Morgan fingerprint density at radius 1 is 1.05 bits per heavy atom. The van der Waals surface area contributed by atoms with Crippen LogP contribution < -0.4 is 5.73 Å². The van der Waals surface area contributed by atoms with Gasteiger partial charge in [-0.1, -0.05) is 42.0 Å². The van der Waals surface area contributed by atoms with Gasteiger partial charge < -0.3 is 5.73 Å². The van der Waals surface area contributed by atoms with E-state index in [0.717, 1.165) is 11.6 Å². The average Bonchev–Trinajstić information content (AvgIpc) is 2.35. The lowest BCUT2D eigenvalue weighted by molar-refractivity contribution is 0.492. The normalized spacial score (nSPS) is 12.4. The van der Waals surface area contributed by atoms with Crippen LogP contribution in [-0.4, -0.2) is 6.04 Å². The van der Waals surface area contributed by atoms with Gasteiger partial charge in [-0.15, -0.1) is 0 Å². The van der Waals surface area contributed by atoms with E-state index < -0.39 is 11.6 Å². The van der Waals surface area contributed by atoms with Gasteiger partial charge in [0.15, 0.2) is 11.6 Å². The SMILES string of the molecule is Cc1cccc(CC(N)Cc2cccc(F)c2F)c1. The van der Waals surface area contributed by atoms with Crippen LogP contribution in [0.2, 0.25) is 0 Å². The molecule has 0 radical (unpaired) electrons. The van der Waals surface area contributed by atoms with Gasteiger partial charge in [0.05, 0.1) is 0 Å². The zero-order valence-corrected chi connectivity index (χ0v) is 10.9. The van der Waals surface area contributed by atoms with E-state index in [1.807, 2.05) is 25.1 Å². The molecule has 0 aliphatic rings. The van der Waals surface area contributed by atoms with E-state index in [-0.39, 0.29) is 6.04 Å². The fourth-order valence-corrected chi connectivity index (χ4v) is 2.20. The summed E-state index contributed by atoms with van der Waals surface area (Å²) in [6, 6.07) is 12.0. The van der Waals surface area contributed by atoms with Crippen LogP contribution in [0.1, 0.15) is 16.7 Å². The van der Waals surface area contributed by atoms with Crippen molar-refractivity contribution in [3.8, 4) is 0 Å². The van der Waals surface area contributed by atoms with Gasteiger partial charge in [0.2, 0.25) is 0 Å². The van der Waals surface area contributed by atoms with Crippen LogP contribution >= 0.6 is 0 Å². The van der Waals surface area contributed by atoms with Crippen molar-refractivity contribution in [2.45, 2.75) is 25.8 Å². The Kier molecular flexibility index (Phi) is 4.27. The molecule has 0 bridgehead atoms. The second kappa shape index (κ2) is 5.93. The molecule has 1 nitrogen and oxygen atoms in total. The molecule has 2 aromatic rings. The fraction of sp³-hybridized carbons (Fsp3) is 0.250. The van der Waals surface area contributed by atoms with Gasteiger partial charge >= 0.3 is 0 Å². The second-order valence-electron chi connectivity index (χ2n) is 4.87. The van der Waals surface area contributed by atoms with Crippen molar-refractivity contribution in [1.29, 1.82) is 0 Å². The predicted octanol–water partition coefficient (Wildman–Crippen LogP) is 3.39. The van der Waals surface area contributed by atoms with E-state index in [0.29, 0.717) is 18.4 Å². The first-order valence-electron chi connectivity index (χ1n) is 6.30. The molecule has 0 aromatic heterocycles. The highest BCUT2D eigenvalue weighted by Crippen LogP contribution is 2.14. The van der Waals surface area contributed by atoms with Gasteiger partial charge in [-0.05, 0) is 37.0 Å². The Morgan fingerprint density at radius 3 is 2.53 bits per heavy atom. The molecule has 2 N–H and O–H groups in total. The van der Waals surface area contributed by atoms with E-state index in [1.54, 1.807) is 6.07 Å². The first-order valence-corrected chi connectivity index (χ1v) is 6.30. The Hall–Kier alpha value is -1.74. The number of benzene rings is 2. The van der Waals surface area contributed by atoms with Crippen molar-refractivity contribution >= 4 is 0 Å². The van der Waals surface area contributed by atoms with E-state index >= 15 is 0 Å². The zero-order valence-electron chi connectivity index (χ0n) is 10.9. The zero-order chi connectivity index (χ0) is 13.8. The minimum Gasteiger partial charge on any atom is -0.327 e. The van der Waals surface area contributed by atoms with Crippen LogP contribution in [0, 0.1) is 18.6 Å². The number of halogens is 2. The van der Waals surface area contributed by atoms with Crippen LogP contribution in [0.4, 0.5) is 8.78 Å². The summed E-state index contributed by atoms with van der Waals surface area (Å²) in [5.74, 6) is -1.61. The monoisotopic (exact) mass is 261 g/mol. The Balaban J connectivity index is 2.05. The smallest absolute Gasteiger partial charge is 0.162 e. The molecule has 0 aliphatic carbocycles. The molecule has 0 aliphatic heterocycles. The Morgan fingerprint density at radius 2 is 1.79 bits per heavy atom. The molecule has 0 fully saturated rings. The molecule has 0 saturated heterocycles. The van der Waals surface area contributed by atoms with Gasteiger partial charge in [-0.25, -0.2) is 8.78 Å². The minimum absolute atomic E-state index is 0.224. The van der Waals surface area contributed by atoms with Gasteiger partial charge in [0.25, 0.3) is 0 Å². The van der Waals surface area contributed by atoms with Crippen LogP contribution in [0.5, 0.6) is 0 Å². The Bertz CT molecular complexity index is 566. The maximum atomic E-state index is 13.5. The first kappa shape index (κ1) is 13.7. The van der Waals surface area contributed by atoms with Crippen LogP contribution in [-0.2, 0) is 12.8 Å². The predicted molar refractivity (Wildman–Crippen MR) is 72.9 cm³/mol. The van der Waals surface area contributed by atoms with E-state index in [1.165, 1.54) is 11.6 Å². The molecule has 0 heterocycles. The van der Waals surface area contributed by atoms with Crippen LogP contribution in [0.3, 0.4) is 0 Å². The number of rotatable bonds is 4. The third-order valence-corrected chi connectivity index (χ3v) is 3.09. The molecule has 2 rings (SSSR count). The number of aryl methyl sites for hydroxylation is 1. The van der Waals surface area contributed by atoms with E-state index in [4.69, 9.17) is 5.73 Å². The molecule has 2 aromatic carbocycles. The number of hydrogen-bond acceptors (Lipinski definition) is 1. The van der Waals surface area contributed by atoms with Crippen molar-refractivity contribution in [3.05, 3.63) is 70.8 Å². The largest absolute Gasteiger partial charge is 0.327 e. The molecule has 19 heavy (non-hydrogen) atoms. The molecule has 1 atom stereocenters.